The van der Waals surface area contributed by atoms with Crippen molar-refractivity contribution < 1.29 is 24.3 Å². The molecule has 3 unspecified atom stereocenters. The standard InChI is InChI=1S/C24H19ClN2O5/c1-31-19-5-3-2-4-18(19)26-23(29)20-21(14-6-12-17(28)13-7-14)27(32-22(20)24(26)30)16-10-8-15(25)9-11-16/h2-13,20-22,28H,1H3. The van der Waals surface area contributed by atoms with Gasteiger partial charge >= 0.3 is 0 Å². The molecule has 2 aliphatic rings. The molecular weight excluding hydrogens is 432 g/mol. The molecule has 1 N–H and O–H groups in total. The first-order valence-corrected chi connectivity index (χ1v) is 10.4. The molecule has 32 heavy (non-hydrogen) atoms. The van der Waals surface area contributed by atoms with Crippen molar-refractivity contribution in [1.29, 1.82) is 0 Å². The molecule has 162 valence electrons. The Morgan fingerprint density at radius 3 is 2.31 bits per heavy atom. The van der Waals surface area contributed by atoms with Crippen molar-refractivity contribution >= 4 is 34.8 Å². The summed E-state index contributed by atoms with van der Waals surface area (Å²) in [5.74, 6) is -1.09. The number of phenolic OH excluding ortho intramolecular Hbond substituents is 1. The number of fused-ring (bicyclic) bond motifs is 1. The summed E-state index contributed by atoms with van der Waals surface area (Å²) in [7, 11) is 1.49. The van der Waals surface area contributed by atoms with Crippen LogP contribution in [0.1, 0.15) is 11.6 Å². The lowest BCUT2D eigenvalue weighted by atomic mass is 9.90. The molecule has 3 aromatic rings. The first-order chi connectivity index (χ1) is 15.5. The molecule has 0 spiro atoms. The second-order valence-electron chi connectivity index (χ2n) is 7.57. The lowest BCUT2D eigenvalue weighted by molar-refractivity contribution is -0.126. The SMILES string of the molecule is COc1ccccc1N1C(=O)C2ON(c3ccc(Cl)cc3)C(c3ccc(O)cc3)C2C1=O. The zero-order chi connectivity index (χ0) is 22.4. The van der Waals surface area contributed by atoms with Crippen molar-refractivity contribution in [3.63, 3.8) is 0 Å². The van der Waals surface area contributed by atoms with Gasteiger partial charge in [0.2, 0.25) is 5.91 Å². The molecule has 2 fully saturated rings. The number of hydrogen-bond acceptors (Lipinski definition) is 6. The van der Waals surface area contributed by atoms with Crippen LogP contribution in [0.5, 0.6) is 11.5 Å². The van der Waals surface area contributed by atoms with E-state index in [0.29, 0.717) is 22.1 Å². The molecule has 0 saturated carbocycles. The van der Waals surface area contributed by atoms with Crippen molar-refractivity contribution in [1.82, 2.24) is 0 Å². The Hall–Kier alpha value is -3.55. The first-order valence-electron chi connectivity index (χ1n) is 10.0. The molecule has 3 atom stereocenters. The van der Waals surface area contributed by atoms with E-state index in [1.807, 2.05) is 0 Å². The van der Waals surface area contributed by atoms with Crippen LogP contribution in [-0.2, 0) is 14.4 Å². The number of hydroxylamine groups is 1. The van der Waals surface area contributed by atoms with Crippen LogP contribution in [0.25, 0.3) is 0 Å². The minimum absolute atomic E-state index is 0.103. The third kappa shape index (κ3) is 3.18. The van der Waals surface area contributed by atoms with Crippen LogP contribution in [0.15, 0.2) is 72.8 Å². The van der Waals surface area contributed by atoms with E-state index in [1.54, 1.807) is 77.9 Å². The Bertz CT molecular complexity index is 1180. The van der Waals surface area contributed by atoms with E-state index in [2.05, 4.69) is 0 Å². The number of phenols is 1. The van der Waals surface area contributed by atoms with E-state index in [9.17, 15) is 14.7 Å². The van der Waals surface area contributed by atoms with Gasteiger partial charge in [-0.15, -0.1) is 0 Å². The summed E-state index contributed by atoms with van der Waals surface area (Å²) in [4.78, 5) is 34.2. The number of imide groups is 1. The lowest BCUT2D eigenvalue weighted by Crippen LogP contribution is -2.37. The third-order valence-corrected chi connectivity index (χ3v) is 6.01. The van der Waals surface area contributed by atoms with E-state index >= 15 is 0 Å². The van der Waals surface area contributed by atoms with Gasteiger partial charge in [-0.05, 0) is 54.1 Å². The largest absolute Gasteiger partial charge is 0.508 e. The summed E-state index contributed by atoms with van der Waals surface area (Å²) >= 11 is 6.03. The molecule has 0 radical (unpaired) electrons. The zero-order valence-corrected chi connectivity index (χ0v) is 17.8. The summed E-state index contributed by atoms with van der Waals surface area (Å²) in [6.07, 6.45) is -0.998. The highest BCUT2D eigenvalue weighted by Gasteiger charge is 2.60. The van der Waals surface area contributed by atoms with Crippen molar-refractivity contribution in [3.8, 4) is 11.5 Å². The van der Waals surface area contributed by atoms with Gasteiger partial charge < -0.3 is 9.84 Å². The average molecular weight is 451 g/mol. The van der Waals surface area contributed by atoms with Gasteiger partial charge in [-0.2, -0.15) is 0 Å². The number of ether oxygens (including phenoxy) is 1. The number of halogens is 1. The van der Waals surface area contributed by atoms with Gasteiger partial charge in [0.1, 0.15) is 17.4 Å². The quantitative estimate of drug-likeness (QED) is 0.603. The Kier molecular flexibility index (Phi) is 5.00. The smallest absolute Gasteiger partial charge is 0.266 e. The fourth-order valence-corrected chi connectivity index (χ4v) is 4.41. The van der Waals surface area contributed by atoms with E-state index < -0.39 is 24.0 Å². The highest BCUT2D eigenvalue weighted by atomic mass is 35.5. The van der Waals surface area contributed by atoms with Gasteiger partial charge in [0.05, 0.1) is 24.5 Å². The fraction of sp³-hybridized carbons (Fsp3) is 0.167. The van der Waals surface area contributed by atoms with Crippen LogP contribution in [0, 0.1) is 5.92 Å². The molecule has 0 aromatic heterocycles. The third-order valence-electron chi connectivity index (χ3n) is 5.76. The summed E-state index contributed by atoms with van der Waals surface area (Å²) in [6, 6.07) is 19.8. The van der Waals surface area contributed by atoms with Crippen molar-refractivity contribution in [2.75, 3.05) is 17.1 Å². The Labute approximate surface area is 189 Å². The lowest BCUT2D eigenvalue weighted by Gasteiger charge is -2.29. The number of hydrogen-bond donors (Lipinski definition) is 1. The van der Waals surface area contributed by atoms with Crippen LogP contribution in [0.4, 0.5) is 11.4 Å². The summed E-state index contributed by atoms with van der Waals surface area (Å²) in [5.41, 5.74) is 1.77. The molecule has 2 saturated heterocycles. The van der Waals surface area contributed by atoms with Crippen LogP contribution in [0.3, 0.4) is 0 Å². The Morgan fingerprint density at radius 1 is 0.938 bits per heavy atom. The molecular formula is C24H19ClN2O5. The van der Waals surface area contributed by atoms with Crippen LogP contribution >= 0.6 is 11.6 Å². The molecule has 2 amide bonds. The van der Waals surface area contributed by atoms with Gasteiger partial charge in [0.25, 0.3) is 5.91 Å². The number of methoxy groups -OCH3 is 1. The van der Waals surface area contributed by atoms with Gasteiger partial charge in [-0.3, -0.25) is 14.4 Å². The minimum atomic E-state index is -0.998. The summed E-state index contributed by atoms with van der Waals surface area (Å²) in [5, 5.41) is 11.9. The number of anilines is 2. The number of rotatable bonds is 4. The molecule has 2 heterocycles. The second-order valence-corrected chi connectivity index (χ2v) is 8.01. The van der Waals surface area contributed by atoms with Crippen LogP contribution < -0.4 is 14.7 Å². The molecule has 0 aliphatic carbocycles. The highest BCUT2D eigenvalue weighted by molar-refractivity contribution is 6.30. The maximum absolute atomic E-state index is 13.6. The van der Waals surface area contributed by atoms with Gasteiger partial charge in [0, 0.05) is 5.02 Å². The first kappa shape index (κ1) is 20.4. The van der Waals surface area contributed by atoms with E-state index in [4.69, 9.17) is 21.2 Å². The number of para-hydroxylation sites is 2. The topological polar surface area (TPSA) is 79.3 Å². The van der Waals surface area contributed by atoms with Crippen molar-refractivity contribution in [2.24, 2.45) is 5.92 Å². The van der Waals surface area contributed by atoms with Crippen molar-refractivity contribution in [3.05, 3.63) is 83.4 Å². The Balaban J connectivity index is 1.59. The number of aromatic hydroxyl groups is 1. The number of benzene rings is 3. The molecule has 0 bridgehead atoms. The summed E-state index contributed by atoms with van der Waals surface area (Å²) < 4.78 is 5.37. The zero-order valence-electron chi connectivity index (χ0n) is 17.0. The normalized spacial score (nSPS) is 22.4. The van der Waals surface area contributed by atoms with E-state index in [0.717, 1.165) is 10.5 Å². The highest BCUT2D eigenvalue weighted by Crippen LogP contribution is 2.48. The van der Waals surface area contributed by atoms with Crippen molar-refractivity contribution in [2.45, 2.75) is 12.1 Å². The van der Waals surface area contributed by atoms with E-state index in [1.165, 1.54) is 7.11 Å². The predicted molar refractivity (Wildman–Crippen MR) is 119 cm³/mol. The molecule has 7 nitrogen and oxygen atoms in total. The van der Waals surface area contributed by atoms with Gasteiger partial charge in [-0.1, -0.05) is 35.9 Å². The number of carbonyl (C=O) groups excluding carboxylic acids is 2. The molecule has 5 rings (SSSR count). The van der Waals surface area contributed by atoms with E-state index in [-0.39, 0.29) is 11.7 Å². The monoisotopic (exact) mass is 450 g/mol. The molecule has 3 aromatic carbocycles. The van der Waals surface area contributed by atoms with Gasteiger partial charge in [-0.25, -0.2) is 9.96 Å². The maximum Gasteiger partial charge on any atom is 0.266 e. The van der Waals surface area contributed by atoms with Crippen LogP contribution in [0.2, 0.25) is 5.02 Å². The van der Waals surface area contributed by atoms with Crippen LogP contribution in [-0.4, -0.2) is 30.1 Å². The number of amides is 2. The minimum Gasteiger partial charge on any atom is -0.508 e. The average Bonchev–Trinajstić information content (AvgIpc) is 3.31. The molecule has 8 heteroatoms. The Morgan fingerprint density at radius 2 is 1.62 bits per heavy atom. The predicted octanol–water partition coefficient (Wildman–Crippen LogP) is 4.11. The maximum atomic E-state index is 13.6. The summed E-state index contributed by atoms with van der Waals surface area (Å²) in [6.45, 7) is 0. The number of nitrogens with zero attached hydrogens (tertiary/aromatic N) is 2. The fourth-order valence-electron chi connectivity index (χ4n) is 4.29. The number of carbonyl (C=O) groups is 2. The van der Waals surface area contributed by atoms with Gasteiger partial charge in [0.15, 0.2) is 6.10 Å². The molecule has 2 aliphatic heterocycles. The second kappa shape index (κ2) is 7.85.